The van der Waals surface area contributed by atoms with E-state index in [1.165, 1.54) is 7.11 Å². The van der Waals surface area contributed by atoms with Crippen LogP contribution in [0.4, 0.5) is 5.69 Å². The van der Waals surface area contributed by atoms with Crippen molar-refractivity contribution in [2.24, 2.45) is 0 Å². The zero-order valence-corrected chi connectivity index (χ0v) is 15.1. The first-order valence-corrected chi connectivity index (χ1v) is 8.00. The summed E-state index contributed by atoms with van der Waals surface area (Å²) < 4.78 is 6.81. The standard InChI is InChI=1S/C14H12BrClINO2/c1-20-13-5-8(4-10(15)14(13)19)7-18-12-3-2-9(17)6-11(12)16/h2-6,18-19H,7H2,1H3. The second-order valence-corrected chi connectivity index (χ2v) is 6.61. The van der Waals surface area contributed by atoms with Crippen molar-refractivity contribution in [3.05, 3.63) is 49.0 Å². The zero-order valence-electron chi connectivity index (χ0n) is 10.6. The van der Waals surface area contributed by atoms with Crippen LogP contribution < -0.4 is 10.1 Å². The lowest BCUT2D eigenvalue weighted by Crippen LogP contribution is -2.01. The molecule has 0 bridgehead atoms. The van der Waals surface area contributed by atoms with E-state index in [0.717, 1.165) is 14.8 Å². The number of aromatic hydroxyl groups is 1. The summed E-state index contributed by atoms with van der Waals surface area (Å²) in [7, 11) is 1.52. The largest absolute Gasteiger partial charge is 0.503 e. The number of ether oxygens (including phenoxy) is 1. The molecule has 2 aromatic rings. The number of anilines is 1. The Morgan fingerprint density at radius 3 is 2.75 bits per heavy atom. The molecule has 0 aliphatic carbocycles. The number of phenols is 1. The molecule has 0 amide bonds. The van der Waals surface area contributed by atoms with Crippen molar-refractivity contribution in [1.29, 1.82) is 0 Å². The molecule has 0 atom stereocenters. The second kappa shape index (κ2) is 6.87. The van der Waals surface area contributed by atoms with Crippen LogP contribution in [0.15, 0.2) is 34.8 Å². The lowest BCUT2D eigenvalue weighted by Gasteiger charge is -2.11. The van der Waals surface area contributed by atoms with E-state index in [9.17, 15) is 5.11 Å². The molecule has 0 radical (unpaired) electrons. The van der Waals surface area contributed by atoms with Gasteiger partial charge in [-0.2, -0.15) is 0 Å². The third kappa shape index (κ3) is 3.71. The monoisotopic (exact) mass is 467 g/mol. The minimum absolute atomic E-state index is 0.101. The van der Waals surface area contributed by atoms with Gasteiger partial charge < -0.3 is 15.2 Å². The summed E-state index contributed by atoms with van der Waals surface area (Å²) in [5, 5.41) is 13.7. The number of methoxy groups -OCH3 is 1. The summed E-state index contributed by atoms with van der Waals surface area (Å²) in [6.45, 7) is 0.579. The van der Waals surface area contributed by atoms with Gasteiger partial charge in [-0.3, -0.25) is 0 Å². The van der Waals surface area contributed by atoms with Crippen LogP contribution in [-0.2, 0) is 6.54 Å². The molecule has 0 heterocycles. The number of halogens is 3. The van der Waals surface area contributed by atoms with Crippen molar-refractivity contribution >= 4 is 55.8 Å². The third-order valence-corrected chi connectivity index (χ3v) is 4.31. The molecule has 20 heavy (non-hydrogen) atoms. The minimum atomic E-state index is 0.101. The van der Waals surface area contributed by atoms with Gasteiger partial charge in [-0.05, 0) is 74.4 Å². The molecule has 0 aliphatic rings. The average molecular weight is 469 g/mol. The van der Waals surface area contributed by atoms with E-state index in [-0.39, 0.29) is 5.75 Å². The fraction of sp³-hybridized carbons (Fsp3) is 0.143. The normalized spacial score (nSPS) is 10.4. The topological polar surface area (TPSA) is 41.5 Å². The highest BCUT2D eigenvalue weighted by Gasteiger charge is 2.09. The molecule has 0 saturated heterocycles. The van der Waals surface area contributed by atoms with E-state index < -0.39 is 0 Å². The Kier molecular flexibility index (Phi) is 5.40. The number of rotatable bonds is 4. The molecule has 0 aromatic heterocycles. The van der Waals surface area contributed by atoms with E-state index in [4.69, 9.17) is 16.3 Å². The predicted octanol–water partition coefficient (Wildman–Crippen LogP) is 5.03. The Bertz CT molecular complexity index is 637. The molecule has 6 heteroatoms. The van der Waals surface area contributed by atoms with Crippen LogP contribution >= 0.6 is 50.1 Å². The summed E-state index contributed by atoms with van der Waals surface area (Å²) in [5.41, 5.74) is 1.84. The van der Waals surface area contributed by atoms with Gasteiger partial charge in [-0.15, -0.1) is 0 Å². The lowest BCUT2D eigenvalue weighted by atomic mass is 10.2. The Balaban J connectivity index is 2.16. The van der Waals surface area contributed by atoms with E-state index in [0.29, 0.717) is 21.8 Å². The molecule has 2 rings (SSSR count). The third-order valence-electron chi connectivity index (χ3n) is 2.72. The SMILES string of the molecule is COc1cc(CNc2ccc(I)cc2Cl)cc(Br)c1O. The highest BCUT2D eigenvalue weighted by Crippen LogP contribution is 2.35. The van der Waals surface area contributed by atoms with E-state index in [1.807, 2.05) is 24.3 Å². The fourth-order valence-corrected chi connectivity index (χ4v) is 3.13. The number of benzene rings is 2. The molecule has 0 unspecified atom stereocenters. The summed E-state index contributed by atoms with van der Waals surface area (Å²) in [6, 6.07) is 9.45. The average Bonchev–Trinajstić information content (AvgIpc) is 2.41. The van der Waals surface area contributed by atoms with Crippen LogP contribution in [0.5, 0.6) is 11.5 Å². The summed E-state index contributed by atoms with van der Waals surface area (Å²) in [5.74, 6) is 0.536. The van der Waals surface area contributed by atoms with Crippen molar-refractivity contribution in [1.82, 2.24) is 0 Å². The molecule has 0 saturated carbocycles. The highest BCUT2D eigenvalue weighted by atomic mass is 127. The van der Waals surface area contributed by atoms with Crippen LogP contribution in [0.3, 0.4) is 0 Å². The second-order valence-electron chi connectivity index (χ2n) is 4.11. The van der Waals surface area contributed by atoms with Crippen molar-refractivity contribution in [3.8, 4) is 11.5 Å². The van der Waals surface area contributed by atoms with Gasteiger partial charge in [0.2, 0.25) is 0 Å². The van der Waals surface area contributed by atoms with Crippen LogP contribution in [0.25, 0.3) is 0 Å². The van der Waals surface area contributed by atoms with Gasteiger partial charge in [0.05, 0.1) is 22.3 Å². The molecular formula is C14H12BrClINO2. The van der Waals surface area contributed by atoms with Crippen molar-refractivity contribution in [3.63, 3.8) is 0 Å². The maximum atomic E-state index is 9.77. The van der Waals surface area contributed by atoms with E-state index in [2.05, 4.69) is 43.8 Å². The maximum Gasteiger partial charge on any atom is 0.172 e. The molecule has 0 spiro atoms. The van der Waals surface area contributed by atoms with Gasteiger partial charge in [-0.1, -0.05) is 11.6 Å². The molecule has 0 fully saturated rings. The fourth-order valence-electron chi connectivity index (χ4n) is 1.72. The van der Waals surface area contributed by atoms with Gasteiger partial charge in [-0.25, -0.2) is 0 Å². The van der Waals surface area contributed by atoms with E-state index in [1.54, 1.807) is 6.07 Å². The molecular weight excluding hydrogens is 456 g/mol. The predicted molar refractivity (Wildman–Crippen MR) is 93.9 cm³/mol. The van der Waals surface area contributed by atoms with Gasteiger partial charge in [0, 0.05) is 10.1 Å². The van der Waals surface area contributed by atoms with Crippen LogP contribution in [0.1, 0.15) is 5.56 Å². The number of hydrogen-bond donors (Lipinski definition) is 2. The van der Waals surface area contributed by atoms with Crippen LogP contribution in [0.2, 0.25) is 5.02 Å². The summed E-state index contributed by atoms with van der Waals surface area (Å²) >= 11 is 11.7. The number of nitrogens with one attached hydrogen (secondary N) is 1. The van der Waals surface area contributed by atoms with Gasteiger partial charge in [0.15, 0.2) is 11.5 Å². The van der Waals surface area contributed by atoms with Crippen LogP contribution in [0, 0.1) is 3.57 Å². The molecule has 3 nitrogen and oxygen atoms in total. The molecule has 2 N–H and O–H groups in total. The zero-order chi connectivity index (χ0) is 14.7. The first-order chi connectivity index (χ1) is 9.51. The van der Waals surface area contributed by atoms with Crippen molar-refractivity contribution in [2.45, 2.75) is 6.54 Å². The Morgan fingerprint density at radius 1 is 1.35 bits per heavy atom. The Labute approximate surface area is 144 Å². The minimum Gasteiger partial charge on any atom is -0.503 e. The lowest BCUT2D eigenvalue weighted by molar-refractivity contribution is 0.371. The quantitative estimate of drug-likeness (QED) is 0.619. The van der Waals surface area contributed by atoms with Gasteiger partial charge in [0.1, 0.15) is 0 Å². The van der Waals surface area contributed by atoms with Crippen molar-refractivity contribution < 1.29 is 9.84 Å². The smallest absolute Gasteiger partial charge is 0.172 e. The maximum absolute atomic E-state index is 9.77. The summed E-state index contributed by atoms with van der Waals surface area (Å²) in [4.78, 5) is 0. The number of phenolic OH excluding ortho intramolecular Hbond substituents is 1. The highest BCUT2D eigenvalue weighted by molar-refractivity contribution is 14.1. The first kappa shape index (κ1) is 15.7. The van der Waals surface area contributed by atoms with Crippen LogP contribution in [-0.4, -0.2) is 12.2 Å². The first-order valence-electron chi connectivity index (χ1n) is 5.75. The van der Waals surface area contributed by atoms with Gasteiger partial charge in [0.25, 0.3) is 0 Å². The molecule has 106 valence electrons. The Morgan fingerprint density at radius 2 is 2.10 bits per heavy atom. The van der Waals surface area contributed by atoms with Gasteiger partial charge >= 0.3 is 0 Å². The van der Waals surface area contributed by atoms with E-state index >= 15 is 0 Å². The number of hydrogen-bond acceptors (Lipinski definition) is 3. The molecule has 2 aromatic carbocycles. The van der Waals surface area contributed by atoms with Crippen molar-refractivity contribution in [2.75, 3.05) is 12.4 Å². The Hall–Kier alpha value is -0.660. The summed E-state index contributed by atoms with van der Waals surface area (Å²) in [6.07, 6.45) is 0. The molecule has 0 aliphatic heterocycles.